The lowest BCUT2D eigenvalue weighted by Gasteiger charge is -2.45. The molecule has 1 fully saturated rings. The van der Waals surface area contributed by atoms with E-state index in [9.17, 15) is 23.1 Å². The standard InChI is InChI=1S/C23H25ClN4O6S/c1-34-18-11-15(24)10-16-19(18)35(32,33)9-7-23(16,31)22(30)28-8-6-17(28)21(29)27-12-13-2-4-14(5-3-13)20(25)26/h2-5,10-11,17,31H,6-9,12H2,1H3,(H3,25,26)(H,27,29)/t17-,23-/m0/s1. The largest absolute Gasteiger partial charge is 0.495 e. The van der Waals surface area contributed by atoms with Gasteiger partial charge in [-0.2, -0.15) is 0 Å². The second-order valence-corrected chi connectivity index (χ2v) is 11.0. The molecule has 2 aliphatic rings. The fraction of sp³-hybridized carbons (Fsp3) is 0.348. The van der Waals surface area contributed by atoms with Gasteiger partial charge in [0.05, 0.1) is 12.9 Å². The van der Waals surface area contributed by atoms with Crippen LogP contribution in [0.25, 0.3) is 0 Å². The Morgan fingerprint density at radius 2 is 2.00 bits per heavy atom. The second kappa shape index (κ2) is 9.14. The fourth-order valence-electron chi connectivity index (χ4n) is 4.34. The van der Waals surface area contributed by atoms with Gasteiger partial charge >= 0.3 is 0 Å². The van der Waals surface area contributed by atoms with E-state index in [1.807, 2.05) is 0 Å². The molecule has 0 radical (unpaired) electrons. The Balaban J connectivity index is 1.53. The van der Waals surface area contributed by atoms with E-state index < -0.39 is 39.0 Å². The minimum atomic E-state index is -3.81. The Morgan fingerprint density at radius 1 is 1.31 bits per heavy atom. The van der Waals surface area contributed by atoms with Crippen molar-refractivity contribution in [1.82, 2.24) is 10.2 Å². The fourth-order valence-corrected chi connectivity index (χ4v) is 6.33. The number of carbonyl (C=O) groups excluding carboxylic acids is 2. The van der Waals surface area contributed by atoms with E-state index in [2.05, 4.69) is 5.32 Å². The number of nitrogen functional groups attached to an aromatic ring is 1. The Labute approximate surface area is 207 Å². The number of methoxy groups -OCH3 is 1. The first-order chi connectivity index (χ1) is 16.5. The van der Waals surface area contributed by atoms with Crippen molar-refractivity contribution >= 4 is 39.1 Å². The number of hydrogen-bond donors (Lipinski definition) is 4. The molecule has 2 amide bonds. The summed E-state index contributed by atoms with van der Waals surface area (Å²) >= 11 is 6.13. The number of nitrogens with one attached hydrogen (secondary N) is 2. The van der Waals surface area contributed by atoms with E-state index >= 15 is 0 Å². The molecule has 0 aliphatic carbocycles. The number of amidine groups is 1. The number of aliphatic hydroxyl groups is 1. The molecule has 186 valence electrons. The zero-order valence-electron chi connectivity index (χ0n) is 18.9. The van der Waals surface area contributed by atoms with Crippen molar-refractivity contribution < 1.29 is 27.9 Å². The number of carbonyl (C=O) groups is 2. The summed E-state index contributed by atoms with van der Waals surface area (Å²) in [6.07, 6.45) is 0.0406. The lowest BCUT2D eigenvalue weighted by atomic mass is 9.86. The van der Waals surface area contributed by atoms with Crippen molar-refractivity contribution in [2.45, 2.75) is 35.9 Å². The highest BCUT2D eigenvalue weighted by atomic mass is 35.5. The van der Waals surface area contributed by atoms with Crippen LogP contribution in [0.15, 0.2) is 41.3 Å². The molecule has 2 aromatic carbocycles. The SMILES string of the molecule is COc1cc(Cl)cc2c1S(=O)(=O)CC[C@@]2(O)C(=O)N1CC[C@H]1C(=O)NCc1ccc(C(=N)N)cc1. The highest BCUT2D eigenvalue weighted by molar-refractivity contribution is 7.91. The summed E-state index contributed by atoms with van der Waals surface area (Å²) in [5.41, 5.74) is 4.48. The molecule has 5 N–H and O–H groups in total. The Kier molecular flexibility index (Phi) is 6.52. The van der Waals surface area contributed by atoms with E-state index in [0.29, 0.717) is 12.0 Å². The predicted molar refractivity (Wildman–Crippen MR) is 128 cm³/mol. The lowest BCUT2D eigenvalue weighted by molar-refractivity contribution is -0.165. The summed E-state index contributed by atoms with van der Waals surface area (Å²) in [6, 6.07) is 8.59. The highest BCUT2D eigenvalue weighted by Crippen LogP contribution is 2.45. The molecular weight excluding hydrogens is 496 g/mol. The van der Waals surface area contributed by atoms with Gasteiger partial charge in [-0.3, -0.25) is 15.0 Å². The van der Waals surface area contributed by atoms with Gasteiger partial charge in [-0.25, -0.2) is 8.42 Å². The number of halogens is 1. The van der Waals surface area contributed by atoms with Gasteiger partial charge in [-0.15, -0.1) is 0 Å². The Morgan fingerprint density at radius 3 is 2.57 bits per heavy atom. The van der Waals surface area contributed by atoms with E-state index in [4.69, 9.17) is 27.5 Å². The normalized spacial score (nSPS) is 22.5. The van der Waals surface area contributed by atoms with Crippen LogP contribution in [0, 0.1) is 5.41 Å². The summed E-state index contributed by atoms with van der Waals surface area (Å²) in [5.74, 6) is -1.71. The van der Waals surface area contributed by atoms with Crippen LogP contribution < -0.4 is 15.8 Å². The third kappa shape index (κ3) is 4.46. The van der Waals surface area contributed by atoms with Crippen LogP contribution in [0.5, 0.6) is 5.75 Å². The molecule has 0 unspecified atom stereocenters. The number of nitrogens with two attached hydrogens (primary N) is 1. The molecule has 0 aromatic heterocycles. The van der Waals surface area contributed by atoms with Crippen LogP contribution >= 0.6 is 11.6 Å². The van der Waals surface area contributed by atoms with E-state index in [1.54, 1.807) is 24.3 Å². The Hall–Kier alpha value is -3.15. The number of likely N-dealkylation sites (tertiary alicyclic amines) is 1. The van der Waals surface area contributed by atoms with Crippen molar-refractivity contribution in [2.75, 3.05) is 19.4 Å². The van der Waals surface area contributed by atoms with Crippen molar-refractivity contribution in [1.29, 1.82) is 5.41 Å². The third-order valence-corrected chi connectivity index (χ3v) is 8.40. The summed E-state index contributed by atoms with van der Waals surface area (Å²) in [5, 5.41) is 21.8. The number of ether oxygens (including phenoxy) is 1. The van der Waals surface area contributed by atoms with Gasteiger partial charge in [-0.1, -0.05) is 35.9 Å². The topological polar surface area (TPSA) is 163 Å². The van der Waals surface area contributed by atoms with E-state index in [-0.39, 0.29) is 46.6 Å². The number of fused-ring (bicyclic) bond motifs is 1. The third-order valence-electron chi connectivity index (χ3n) is 6.40. The lowest BCUT2D eigenvalue weighted by Crippen LogP contribution is -2.63. The highest BCUT2D eigenvalue weighted by Gasteiger charge is 2.53. The average molecular weight is 521 g/mol. The molecule has 1 saturated heterocycles. The summed E-state index contributed by atoms with van der Waals surface area (Å²) in [7, 11) is -2.53. The van der Waals surface area contributed by atoms with Crippen molar-refractivity contribution in [3.05, 3.63) is 58.1 Å². The first kappa shape index (κ1) is 25.0. The molecule has 0 saturated carbocycles. The molecular formula is C23H25ClN4O6S. The molecule has 10 nitrogen and oxygen atoms in total. The number of amides is 2. The molecule has 2 aliphatic heterocycles. The van der Waals surface area contributed by atoms with Crippen LogP contribution in [-0.4, -0.2) is 61.5 Å². The predicted octanol–water partition coefficient (Wildman–Crippen LogP) is 0.915. The van der Waals surface area contributed by atoms with E-state index in [0.717, 1.165) is 5.56 Å². The van der Waals surface area contributed by atoms with Crippen molar-refractivity contribution in [3.63, 3.8) is 0 Å². The van der Waals surface area contributed by atoms with Crippen LogP contribution in [0.1, 0.15) is 29.5 Å². The minimum Gasteiger partial charge on any atom is -0.495 e. The van der Waals surface area contributed by atoms with Crippen LogP contribution in [0.4, 0.5) is 0 Å². The van der Waals surface area contributed by atoms with Gasteiger partial charge in [-0.05, 0) is 18.1 Å². The number of benzene rings is 2. The zero-order chi connectivity index (χ0) is 25.5. The summed E-state index contributed by atoms with van der Waals surface area (Å²) in [6.45, 7) is 0.444. The van der Waals surface area contributed by atoms with Crippen molar-refractivity contribution in [2.24, 2.45) is 5.73 Å². The van der Waals surface area contributed by atoms with Crippen LogP contribution in [0.2, 0.25) is 5.02 Å². The maximum absolute atomic E-state index is 13.5. The summed E-state index contributed by atoms with van der Waals surface area (Å²) < 4.78 is 30.6. The number of hydrogen-bond acceptors (Lipinski definition) is 7. The molecule has 12 heteroatoms. The number of rotatable bonds is 6. The van der Waals surface area contributed by atoms with Gasteiger partial charge in [0, 0.05) is 41.7 Å². The van der Waals surface area contributed by atoms with Gasteiger partial charge < -0.3 is 25.8 Å². The first-order valence-corrected chi connectivity index (χ1v) is 12.9. The monoisotopic (exact) mass is 520 g/mol. The first-order valence-electron chi connectivity index (χ1n) is 10.8. The van der Waals surface area contributed by atoms with Gasteiger partial charge in [0.15, 0.2) is 15.4 Å². The Bertz CT molecular complexity index is 1310. The molecule has 2 atom stereocenters. The van der Waals surface area contributed by atoms with Gasteiger partial charge in [0.1, 0.15) is 22.5 Å². The average Bonchev–Trinajstić information content (AvgIpc) is 2.79. The minimum absolute atomic E-state index is 0.0490. The molecule has 2 aromatic rings. The molecule has 4 rings (SSSR count). The molecule has 2 heterocycles. The maximum Gasteiger partial charge on any atom is 0.259 e. The molecule has 35 heavy (non-hydrogen) atoms. The quantitative estimate of drug-likeness (QED) is 0.325. The number of nitrogens with zero attached hydrogens (tertiary/aromatic N) is 1. The molecule has 0 spiro atoms. The number of sulfone groups is 1. The molecule has 0 bridgehead atoms. The maximum atomic E-state index is 13.5. The van der Waals surface area contributed by atoms with Gasteiger partial charge in [0.2, 0.25) is 5.91 Å². The van der Waals surface area contributed by atoms with Crippen molar-refractivity contribution in [3.8, 4) is 5.75 Å². The second-order valence-electron chi connectivity index (χ2n) is 8.55. The smallest absolute Gasteiger partial charge is 0.259 e. The van der Waals surface area contributed by atoms with Crippen LogP contribution in [-0.2, 0) is 31.6 Å². The van der Waals surface area contributed by atoms with E-state index in [1.165, 1.54) is 24.1 Å². The van der Waals surface area contributed by atoms with Crippen LogP contribution in [0.3, 0.4) is 0 Å². The zero-order valence-corrected chi connectivity index (χ0v) is 20.4. The summed E-state index contributed by atoms with van der Waals surface area (Å²) in [4.78, 5) is 27.3. The van der Waals surface area contributed by atoms with Gasteiger partial charge in [0.25, 0.3) is 5.91 Å².